The molecule has 26 heavy (non-hydrogen) atoms. The molecule has 2 heterocycles. The highest BCUT2D eigenvalue weighted by molar-refractivity contribution is 6.05. The number of rotatable bonds is 5. The van der Waals surface area contributed by atoms with Crippen molar-refractivity contribution in [2.45, 2.75) is 19.4 Å². The summed E-state index contributed by atoms with van der Waals surface area (Å²) in [4.78, 5) is 20.6. The normalized spacial score (nSPS) is 12.3. The first-order chi connectivity index (χ1) is 12.6. The van der Waals surface area contributed by atoms with Crippen molar-refractivity contribution in [2.75, 3.05) is 5.32 Å². The number of hydrogen-bond donors (Lipinski definition) is 2. The number of hydrogen-bond acceptors (Lipinski definition) is 5. The number of aryl methyl sites for hydroxylation is 1. The van der Waals surface area contributed by atoms with Crippen LogP contribution in [0.5, 0.6) is 0 Å². The Bertz CT molecular complexity index is 1090. The van der Waals surface area contributed by atoms with Gasteiger partial charge in [-0.15, -0.1) is 0 Å². The van der Waals surface area contributed by atoms with E-state index in [1.165, 1.54) is 0 Å². The maximum Gasteiger partial charge on any atom is 0.326 e. The molecule has 0 aliphatic rings. The maximum atomic E-state index is 11.8. The third-order valence-corrected chi connectivity index (χ3v) is 4.22. The Morgan fingerprint density at radius 2 is 1.85 bits per heavy atom. The molecule has 0 spiro atoms. The van der Waals surface area contributed by atoms with Gasteiger partial charge in [-0.2, -0.15) is 0 Å². The van der Waals surface area contributed by atoms with Crippen LogP contribution in [-0.2, 0) is 11.2 Å². The van der Waals surface area contributed by atoms with E-state index in [1.807, 2.05) is 54.6 Å². The van der Waals surface area contributed by atoms with E-state index in [2.05, 4.69) is 15.3 Å². The van der Waals surface area contributed by atoms with E-state index in [9.17, 15) is 9.90 Å². The largest absolute Gasteiger partial charge is 0.480 e. The minimum absolute atomic E-state index is 0.334. The van der Waals surface area contributed by atoms with Crippen LogP contribution < -0.4 is 5.32 Å². The molecule has 1 atom stereocenters. The smallest absolute Gasteiger partial charge is 0.326 e. The second kappa shape index (κ2) is 6.48. The standard InChI is InChI=1S/C20H17N3O3/c1-12-21-17-14-9-5-6-10-16(14)26-18(17)19(22-12)23-15(20(24)25)11-13-7-3-2-4-8-13/h2-10,15H,11H2,1H3,(H,24,25)(H,21,22,23)/t15-/m0/s1. The van der Waals surface area contributed by atoms with Gasteiger partial charge in [0.15, 0.2) is 11.4 Å². The molecule has 0 bridgehead atoms. The van der Waals surface area contributed by atoms with E-state index < -0.39 is 12.0 Å². The molecule has 0 amide bonds. The molecule has 2 aromatic heterocycles. The molecule has 6 nitrogen and oxygen atoms in total. The van der Waals surface area contributed by atoms with Gasteiger partial charge < -0.3 is 14.8 Å². The summed E-state index contributed by atoms with van der Waals surface area (Å²) in [5, 5.41) is 13.5. The molecule has 0 aliphatic carbocycles. The van der Waals surface area contributed by atoms with Crippen molar-refractivity contribution in [3.05, 3.63) is 66.0 Å². The quantitative estimate of drug-likeness (QED) is 0.571. The van der Waals surface area contributed by atoms with Gasteiger partial charge in [0.05, 0.1) is 0 Å². The van der Waals surface area contributed by atoms with Crippen molar-refractivity contribution in [3.8, 4) is 0 Å². The molecule has 0 unspecified atom stereocenters. The predicted molar refractivity (Wildman–Crippen MR) is 99.2 cm³/mol. The van der Waals surface area contributed by atoms with E-state index in [1.54, 1.807) is 6.92 Å². The van der Waals surface area contributed by atoms with Crippen molar-refractivity contribution in [1.82, 2.24) is 9.97 Å². The third-order valence-electron chi connectivity index (χ3n) is 4.22. The number of carboxylic acid groups (broad SMARTS) is 1. The molecule has 0 radical (unpaired) electrons. The average molecular weight is 347 g/mol. The van der Waals surface area contributed by atoms with Crippen LogP contribution in [0, 0.1) is 6.92 Å². The van der Waals surface area contributed by atoms with Gasteiger partial charge in [-0.3, -0.25) is 0 Å². The zero-order valence-electron chi connectivity index (χ0n) is 14.1. The number of furan rings is 1. The second-order valence-electron chi connectivity index (χ2n) is 6.12. The van der Waals surface area contributed by atoms with Gasteiger partial charge in [0.1, 0.15) is 23.0 Å². The Kier molecular flexibility index (Phi) is 4.01. The number of anilines is 1. The Morgan fingerprint density at radius 3 is 2.62 bits per heavy atom. The number of carbonyl (C=O) groups is 1. The van der Waals surface area contributed by atoms with Gasteiger partial charge in [0, 0.05) is 11.8 Å². The molecule has 130 valence electrons. The van der Waals surface area contributed by atoms with E-state index in [-0.39, 0.29) is 0 Å². The monoisotopic (exact) mass is 347 g/mol. The number of aromatic nitrogens is 2. The van der Waals surface area contributed by atoms with Crippen LogP contribution in [0.2, 0.25) is 0 Å². The Labute approximate surface area is 149 Å². The van der Waals surface area contributed by atoms with Crippen LogP contribution in [-0.4, -0.2) is 27.1 Å². The fourth-order valence-electron chi connectivity index (χ4n) is 3.02. The maximum absolute atomic E-state index is 11.8. The van der Waals surface area contributed by atoms with Crippen LogP contribution in [0.4, 0.5) is 5.82 Å². The highest BCUT2D eigenvalue weighted by Crippen LogP contribution is 2.31. The van der Waals surface area contributed by atoms with Crippen LogP contribution in [0.1, 0.15) is 11.4 Å². The summed E-state index contributed by atoms with van der Waals surface area (Å²) < 4.78 is 5.89. The summed E-state index contributed by atoms with van der Waals surface area (Å²) in [6.45, 7) is 1.78. The molecule has 2 aromatic carbocycles. The van der Waals surface area contributed by atoms with Crippen molar-refractivity contribution in [3.63, 3.8) is 0 Å². The lowest BCUT2D eigenvalue weighted by atomic mass is 10.1. The summed E-state index contributed by atoms with van der Waals surface area (Å²) in [5.74, 6) is -0.00295. The fraction of sp³-hybridized carbons (Fsp3) is 0.150. The number of benzene rings is 2. The zero-order valence-corrected chi connectivity index (χ0v) is 14.1. The average Bonchev–Trinajstić information content (AvgIpc) is 3.01. The number of fused-ring (bicyclic) bond motifs is 3. The van der Waals surface area contributed by atoms with E-state index in [4.69, 9.17) is 4.42 Å². The van der Waals surface area contributed by atoms with Crippen molar-refractivity contribution < 1.29 is 14.3 Å². The van der Waals surface area contributed by atoms with E-state index in [0.717, 1.165) is 10.9 Å². The predicted octanol–water partition coefficient (Wildman–Crippen LogP) is 3.79. The summed E-state index contributed by atoms with van der Waals surface area (Å²) in [6, 6.07) is 16.2. The van der Waals surface area contributed by atoms with Crippen LogP contribution in [0.3, 0.4) is 0 Å². The van der Waals surface area contributed by atoms with Crippen LogP contribution >= 0.6 is 0 Å². The second-order valence-corrected chi connectivity index (χ2v) is 6.12. The number of carboxylic acids is 1. The summed E-state index contributed by atoms with van der Waals surface area (Å²) in [7, 11) is 0. The van der Waals surface area contributed by atoms with Gasteiger partial charge in [0.25, 0.3) is 0 Å². The van der Waals surface area contributed by atoms with E-state index >= 15 is 0 Å². The van der Waals surface area contributed by atoms with Crippen molar-refractivity contribution >= 4 is 33.9 Å². The molecule has 0 fully saturated rings. The summed E-state index contributed by atoms with van der Waals surface area (Å²) in [5.41, 5.74) is 2.77. The molecule has 0 saturated heterocycles. The number of aliphatic carboxylic acids is 1. The molecule has 4 aromatic rings. The highest BCUT2D eigenvalue weighted by Gasteiger charge is 2.22. The lowest BCUT2D eigenvalue weighted by Crippen LogP contribution is -2.32. The molecule has 0 saturated carbocycles. The zero-order chi connectivity index (χ0) is 18.1. The Balaban J connectivity index is 1.76. The fourth-order valence-corrected chi connectivity index (χ4v) is 3.02. The number of para-hydroxylation sites is 1. The number of nitrogens with zero attached hydrogens (tertiary/aromatic N) is 2. The van der Waals surface area contributed by atoms with Gasteiger partial charge in [0.2, 0.25) is 0 Å². The van der Waals surface area contributed by atoms with Gasteiger partial charge >= 0.3 is 5.97 Å². The molecule has 0 aliphatic heterocycles. The van der Waals surface area contributed by atoms with Gasteiger partial charge in [-0.05, 0) is 24.6 Å². The number of nitrogens with one attached hydrogen (secondary N) is 1. The van der Waals surface area contributed by atoms with Crippen molar-refractivity contribution in [1.29, 1.82) is 0 Å². The van der Waals surface area contributed by atoms with Crippen LogP contribution in [0.25, 0.3) is 22.1 Å². The summed E-state index contributed by atoms with van der Waals surface area (Å²) in [6.07, 6.45) is 0.334. The lowest BCUT2D eigenvalue weighted by molar-refractivity contribution is -0.137. The first kappa shape index (κ1) is 16.1. The SMILES string of the molecule is Cc1nc(N[C@@H](Cc2ccccc2)C(=O)O)c2oc3ccccc3c2n1. The first-order valence-electron chi connectivity index (χ1n) is 8.31. The minimum Gasteiger partial charge on any atom is -0.480 e. The highest BCUT2D eigenvalue weighted by atomic mass is 16.4. The Morgan fingerprint density at radius 1 is 1.12 bits per heavy atom. The Hall–Kier alpha value is -3.41. The molecule has 4 rings (SSSR count). The topological polar surface area (TPSA) is 88.2 Å². The molecule has 6 heteroatoms. The van der Waals surface area contributed by atoms with E-state index in [0.29, 0.717) is 34.7 Å². The van der Waals surface area contributed by atoms with Crippen LogP contribution in [0.15, 0.2) is 59.0 Å². The van der Waals surface area contributed by atoms with Gasteiger partial charge in [-0.1, -0.05) is 42.5 Å². The molecular formula is C20H17N3O3. The first-order valence-corrected chi connectivity index (χ1v) is 8.31. The summed E-state index contributed by atoms with van der Waals surface area (Å²) >= 11 is 0. The third kappa shape index (κ3) is 2.97. The minimum atomic E-state index is -0.950. The lowest BCUT2D eigenvalue weighted by Gasteiger charge is -2.15. The molecular weight excluding hydrogens is 330 g/mol. The van der Waals surface area contributed by atoms with Gasteiger partial charge in [-0.25, -0.2) is 14.8 Å². The molecule has 2 N–H and O–H groups in total. The van der Waals surface area contributed by atoms with Crippen molar-refractivity contribution in [2.24, 2.45) is 0 Å².